The van der Waals surface area contributed by atoms with Gasteiger partial charge in [-0.3, -0.25) is 0 Å². The lowest BCUT2D eigenvalue weighted by molar-refractivity contribution is -0.108. The highest BCUT2D eigenvalue weighted by Crippen LogP contribution is 2.43. The molecule has 0 aromatic carbocycles. The largest absolute Gasteiger partial charge is 0.381 e. The first-order valence-corrected chi connectivity index (χ1v) is 5.89. The molecule has 2 fully saturated rings. The van der Waals surface area contributed by atoms with Gasteiger partial charge in [0.05, 0.1) is 12.2 Å². The monoisotopic (exact) mass is 213 g/mol. The maximum Gasteiger partial charge on any atom is 0.0652 e. The SMILES string of the molecule is COC1CC(NC2CC(OC)C2(C)C)C1. The van der Waals surface area contributed by atoms with Gasteiger partial charge in [0.2, 0.25) is 0 Å². The van der Waals surface area contributed by atoms with Crippen molar-refractivity contribution in [2.75, 3.05) is 14.2 Å². The highest BCUT2D eigenvalue weighted by atomic mass is 16.5. The second-order valence-corrected chi connectivity index (χ2v) is 5.53. The van der Waals surface area contributed by atoms with E-state index in [0.717, 1.165) is 6.42 Å². The third-order valence-corrected chi connectivity index (χ3v) is 4.33. The number of hydrogen-bond acceptors (Lipinski definition) is 3. The highest BCUT2D eigenvalue weighted by Gasteiger charge is 2.49. The van der Waals surface area contributed by atoms with Crippen molar-refractivity contribution >= 4 is 0 Å². The molecule has 3 heteroatoms. The molecule has 0 spiro atoms. The van der Waals surface area contributed by atoms with Gasteiger partial charge in [-0.25, -0.2) is 0 Å². The van der Waals surface area contributed by atoms with E-state index in [1.165, 1.54) is 12.8 Å². The van der Waals surface area contributed by atoms with Crippen LogP contribution in [0.4, 0.5) is 0 Å². The molecule has 15 heavy (non-hydrogen) atoms. The van der Waals surface area contributed by atoms with Gasteiger partial charge in [0.25, 0.3) is 0 Å². The summed E-state index contributed by atoms with van der Waals surface area (Å²) in [7, 11) is 3.61. The summed E-state index contributed by atoms with van der Waals surface area (Å²) in [6, 6.07) is 1.28. The molecule has 2 saturated carbocycles. The maximum atomic E-state index is 5.44. The van der Waals surface area contributed by atoms with Crippen molar-refractivity contribution in [2.45, 2.75) is 57.4 Å². The van der Waals surface area contributed by atoms with Crippen molar-refractivity contribution < 1.29 is 9.47 Å². The lowest BCUT2D eigenvalue weighted by Gasteiger charge is -2.54. The smallest absolute Gasteiger partial charge is 0.0652 e. The van der Waals surface area contributed by atoms with Crippen LogP contribution in [0.15, 0.2) is 0 Å². The van der Waals surface area contributed by atoms with Crippen LogP contribution < -0.4 is 5.32 Å². The lowest BCUT2D eigenvalue weighted by atomic mass is 9.64. The average Bonchev–Trinajstić information content (AvgIpc) is 2.13. The molecule has 0 heterocycles. The predicted molar refractivity (Wildman–Crippen MR) is 59.9 cm³/mol. The molecule has 0 aliphatic heterocycles. The fraction of sp³-hybridized carbons (Fsp3) is 1.00. The summed E-state index contributed by atoms with van der Waals surface area (Å²) in [6.45, 7) is 4.57. The Morgan fingerprint density at radius 2 is 1.73 bits per heavy atom. The van der Waals surface area contributed by atoms with Crippen LogP contribution in [0.1, 0.15) is 33.1 Å². The quantitative estimate of drug-likeness (QED) is 0.769. The molecule has 0 amide bonds. The molecule has 2 aliphatic carbocycles. The predicted octanol–water partition coefficient (Wildman–Crippen LogP) is 1.57. The molecule has 0 saturated heterocycles. The normalized spacial score (nSPS) is 43.2. The van der Waals surface area contributed by atoms with Gasteiger partial charge in [-0.05, 0) is 19.3 Å². The van der Waals surface area contributed by atoms with Crippen LogP contribution >= 0.6 is 0 Å². The van der Waals surface area contributed by atoms with Crippen LogP contribution in [-0.4, -0.2) is 38.5 Å². The van der Waals surface area contributed by atoms with Gasteiger partial charge in [0, 0.05) is 31.7 Å². The second kappa shape index (κ2) is 4.04. The van der Waals surface area contributed by atoms with Gasteiger partial charge in [0.1, 0.15) is 0 Å². The second-order valence-electron chi connectivity index (χ2n) is 5.53. The summed E-state index contributed by atoms with van der Waals surface area (Å²) < 4.78 is 10.7. The van der Waals surface area contributed by atoms with E-state index >= 15 is 0 Å². The van der Waals surface area contributed by atoms with Crippen LogP contribution in [0, 0.1) is 5.41 Å². The first-order valence-electron chi connectivity index (χ1n) is 5.89. The van der Waals surface area contributed by atoms with Gasteiger partial charge in [0.15, 0.2) is 0 Å². The Hall–Kier alpha value is -0.120. The van der Waals surface area contributed by atoms with Gasteiger partial charge in [-0.1, -0.05) is 13.8 Å². The zero-order valence-electron chi connectivity index (χ0n) is 10.2. The average molecular weight is 213 g/mol. The zero-order valence-corrected chi connectivity index (χ0v) is 10.2. The third kappa shape index (κ3) is 1.93. The molecular formula is C12H23NO2. The first kappa shape index (κ1) is 11.4. The van der Waals surface area contributed by atoms with Crippen LogP contribution in [0.2, 0.25) is 0 Å². The molecule has 0 bridgehead atoms. The standard InChI is InChI=1S/C12H23NO2/c1-12(2)10(7-11(12)15-4)13-8-5-9(6-8)14-3/h8-11,13H,5-7H2,1-4H3. The van der Waals surface area contributed by atoms with Crippen molar-refractivity contribution in [3.05, 3.63) is 0 Å². The molecule has 1 N–H and O–H groups in total. The molecule has 2 atom stereocenters. The van der Waals surface area contributed by atoms with Crippen molar-refractivity contribution in [2.24, 2.45) is 5.41 Å². The molecule has 2 rings (SSSR count). The van der Waals surface area contributed by atoms with Crippen LogP contribution in [0.25, 0.3) is 0 Å². The van der Waals surface area contributed by atoms with Gasteiger partial charge < -0.3 is 14.8 Å². The van der Waals surface area contributed by atoms with Crippen LogP contribution in [0.5, 0.6) is 0 Å². The van der Waals surface area contributed by atoms with E-state index < -0.39 is 0 Å². The summed E-state index contributed by atoms with van der Waals surface area (Å²) in [6.07, 6.45) is 4.40. The molecule has 0 aromatic rings. The van der Waals surface area contributed by atoms with E-state index in [0.29, 0.717) is 24.3 Å². The summed E-state index contributed by atoms with van der Waals surface area (Å²) in [4.78, 5) is 0. The van der Waals surface area contributed by atoms with Crippen molar-refractivity contribution in [1.29, 1.82) is 0 Å². The van der Waals surface area contributed by atoms with Crippen molar-refractivity contribution in [3.8, 4) is 0 Å². The Labute approximate surface area is 92.5 Å². The van der Waals surface area contributed by atoms with E-state index in [2.05, 4.69) is 19.2 Å². The minimum Gasteiger partial charge on any atom is -0.381 e. The minimum absolute atomic E-state index is 0.285. The number of methoxy groups -OCH3 is 2. The van der Waals surface area contributed by atoms with E-state index in [4.69, 9.17) is 9.47 Å². The molecule has 0 aromatic heterocycles. The van der Waals surface area contributed by atoms with Crippen LogP contribution in [0.3, 0.4) is 0 Å². The lowest BCUT2D eigenvalue weighted by Crippen LogP contribution is -2.64. The number of nitrogens with one attached hydrogen (secondary N) is 1. The Morgan fingerprint density at radius 1 is 1.07 bits per heavy atom. The van der Waals surface area contributed by atoms with Crippen molar-refractivity contribution in [3.63, 3.8) is 0 Å². The molecule has 3 nitrogen and oxygen atoms in total. The Kier molecular flexibility index (Phi) is 3.06. The molecule has 88 valence electrons. The number of hydrogen-bond donors (Lipinski definition) is 1. The Morgan fingerprint density at radius 3 is 2.20 bits per heavy atom. The summed E-state index contributed by atoms with van der Waals surface area (Å²) in [5.74, 6) is 0. The van der Waals surface area contributed by atoms with E-state index in [-0.39, 0.29) is 5.41 Å². The Bertz CT molecular complexity index is 224. The summed E-state index contributed by atoms with van der Waals surface area (Å²) >= 11 is 0. The number of rotatable bonds is 4. The highest BCUT2D eigenvalue weighted by molar-refractivity contribution is 5.05. The van der Waals surface area contributed by atoms with E-state index in [1.807, 2.05) is 7.11 Å². The zero-order chi connectivity index (χ0) is 11.1. The maximum absolute atomic E-state index is 5.44. The Balaban J connectivity index is 1.74. The first-order chi connectivity index (χ1) is 7.07. The van der Waals surface area contributed by atoms with Crippen LogP contribution in [-0.2, 0) is 9.47 Å². The topological polar surface area (TPSA) is 30.5 Å². The van der Waals surface area contributed by atoms with E-state index in [1.54, 1.807) is 7.11 Å². The van der Waals surface area contributed by atoms with Crippen molar-refractivity contribution in [1.82, 2.24) is 5.32 Å². The molecule has 2 unspecified atom stereocenters. The fourth-order valence-electron chi connectivity index (χ4n) is 2.75. The minimum atomic E-state index is 0.285. The van der Waals surface area contributed by atoms with Gasteiger partial charge in [-0.2, -0.15) is 0 Å². The van der Waals surface area contributed by atoms with Gasteiger partial charge in [-0.15, -0.1) is 0 Å². The fourth-order valence-corrected chi connectivity index (χ4v) is 2.75. The number of ether oxygens (including phenoxy) is 2. The summed E-state index contributed by atoms with van der Waals surface area (Å²) in [5, 5.41) is 3.71. The van der Waals surface area contributed by atoms with E-state index in [9.17, 15) is 0 Å². The molecule has 2 aliphatic rings. The third-order valence-electron chi connectivity index (χ3n) is 4.33. The molecular weight excluding hydrogens is 190 g/mol. The summed E-state index contributed by atoms with van der Waals surface area (Å²) in [5.41, 5.74) is 0.285. The molecule has 0 radical (unpaired) electrons. The van der Waals surface area contributed by atoms with Gasteiger partial charge >= 0.3 is 0 Å².